The number of aryl methyl sites for hydroxylation is 2. The third kappa shape index (κ3) is 5.16. The van der Waals surface area contributed by atoms with Crippen LogP contribution in [0, 0.1) is 13.8 Å². The Hall–Kier alpha value is -3.81. The molecule has 0 aliphatic carbocycles. The molecule has 1 saturated heterocycles. The largest absolute Gasteiger partial charge is 0.349 e. The molecule has 1 aromatic heterocycles. The molecule has 1 aliphatic rings. The van der Waals surface area contributed by atoms with E-state index < -0.39 is 0 Å². The number of hydrogen-bond acceptors (Lipinski definition) is 5. The summed E-state index contributed by atoms with van der Waals surface area (Å²) in [6.07, 6.45) is 1.35. The summed E-state index contributed by atoms with van der Waals surface area (Å²) >= 11 is 0. The number of carbonyl (C=O) groups excluding carboxylic acids is 3. The maximum Gasteiger partial charge on any atom is 0.253 e. The predicted molar refractivity (Wildman–Crippen MR) is 126 cm³/mol. The fourth-order valence-corrected chi connectivity index (χ4v) is 3.98. The molecule has 0 bridgehead atoms. The third-order valence-corrected chi connectivity index (χ3v) is 5.88. The van der Waals surface area contributed by atoms with Crippen LogP contribution in [0.2, 0.25) is 0 Å². The van der Waals surface area contributed by atoms with Crippen LogP contribution >= 0.6 is 0 Å². The molecule has 0 unspecified atom stereocenters. The van der Waals surface area contributed by atoms with Gasteiger partial charge in [0.05, 0.1) is 22.4 Å². The minimum absolute atomic E-state index is 0.0148. The van der Waals surface area contributed by atoms with E-state index in [4.69, 9.17) is 0 Å². The molecule has 2 heterocycles. The topological polar surface area (TPSA) is 104 Å². The van der Waals surface area contributed by atoms with Crippen molar-refractivity contribution in [1.82, 2.24) is 20.2 Å². The SMILES string of the molecule is CC(=O)Nc1cccc(C(=O)NC2CCN(C(=O)c3ccc4nc(C)c(C)nc4c3)CC2)c1. The molecule has 0 radical (unpaired) electrons. The molecule has 170 valence electrons. The maximum atomic E-state index is 13.0. The van der Waals surface area contributed by atoms with Crippen molar-refractivity contribution in [3.05, 3.63) is 65.0 Å². The molecule has 8 nitrogen and oxygen atoms in total. The van der Waals surface area contributed by atoms with E-state index in [0.29, 0.717) is 48.3 Å². The number of nitrogens with zero attached hydrogens (tertiary/aromatic N) is 3. The standard InChI is InChI=1S/C25H27N5O3/c1-15-16(2)27-23-14-19(7-8-22(23)26-15)25(33)30-11-9-20(10-12-30)29-24(32)18-5-4-6-21(13-18)28-17(3)31/h4-8,13-14,20H,9-12H2,1-3H3,(H,28,31)(H,29,32). The number of amides is 3. The van der Waals surface area contributed by atoms with Crippen molar-refractivity contribution in [2.24, 2.45) is 0 Å². The zero-order valence-electron chi connectivity index (χ0n) is 19.0. The van der Waals surface area contributed by atoms with E-state index in [-0.39, 0.29) is 23.8 Å². The number of carbonyl (C=O) groups is 3. The van der Waals surface area contributed by atoms with Crippen molar-refractivity contribution in [1.29, 1.82) is 0 Å². The highest BCUT2D eigenvalue weighted by atomic mass is 16.2. The van der Waals surface area contributed by atoms with Crippen LogP contribution < -0.4 is 10.6 Å². The highest BCUT2D eigenvalue weighted by molar-refractivity contribution is 5.98. The number of piperidine rings is 1. The monoisotopic (exact) mass is 445 g/mol. The van der Waals surface area contributed by atoms with Gasteiger partial charge in [-0.2, -0.15) is 0 Å². The van der Waals surface area contributed by atoms with E-state index in [1.807, 2.05) is 24.8 Å². The Labute approximate surface area is 192 Å². The van der Waals surface area contributed by atoms with Gasteiger partial charge in [0, 0.05) is 42.9 Å². The predicted octanol–water partition coefficient (Wildman–Crippen LogP) is 3.24. The lowest BCUT2D eigenvalue weighted by atomic mass is 10.0. The Balaban J connectivity index is 1.36. The molecule has 3 amide bonds. The molecule has 4 rings (SSSR count). The van der Waals surface area contributed by atoms with E-state index in [9.17, 15) is 14.4 Å². The zero-order chi connectivity index (χ0) is 23.5. The number of hydrogen-bond donors (Lipinski definition) is 2. The molecule has 3 aromatic rings. The van der Waals surface area contributed by atoms with Crippen LogP contribution in [0.5, 0.6) is 0 Å². The Morgan fingerprint density at radius 1 is 0.909 bits per heavy atom. The van der Waals surface area contributed by atoms with E-state index in [2.05, 4.69) is 20.6 Å². The lowest BCUT2D eigenvalue weighted by Gasteiger charge is -2.32. The summed E-state index contributed by atoms with van der Waals surface area (Å²) in [4.78, 5) is 47.8. The highest BCUT2D eigenvalue weighted by Gasteiger charge is 2.25. The number of anilines is 1. The van der Waals surface area contributed by atoms with Crippen LogP contribution in [0.4, 0.5) is 5.69 Å². The maximum absolute atomic E-state index is 13.0. The first-order valence-electron chi connectivity index (χ1n) is 11.0. The van der Waals surface area contributed by atoms with Crippen molar-refractivity contribution in [3.63, 3.8) is 0 Å². The number of aromatic nitrogens is 2. The highest BCUT2D eigenvalue weighted by Crippen LogP contribution is 2.19. The molecule has 0 atom stereocenters. The van der Waals surface area contributed by atoms with E-state index in [1.54, 1.807) is 36.4 Å². The first kappa shape index (κ1) is 22.4. The Bertz CT molecular complexity index is 1230. The molecule has 0 saturated carbocycles. The average Bonchev–Trinajstić information content (AvgIpc) is 2.79. The third-order valence-electron chi connectivity index (χ3n) is 5.88. The molecular weight excluding hydrogens is 418 g/mol. The minimum atomic E-state index is -0.189. The molecule has 2 aromatic carbocycles. The van der Waals surface area contributed by atoms with Gasteiger partial charge in [0.1, 0.15) is 0 Å². The summed E-state index contributed by atoms with van der Waals surface area (Å²) in [7, 11) is 0. The second-order valence-electron chi connectivity index (χ2n) is 8.40. The fraction of sp³-hybridized carbons (Fsp3) is 0.320. The van der Waals surface area contributed by atoms with Gasteiger partial charge in [-0.25, -0.2) is 9.97 Å². The van der Waals surface area contributed by atoms with E-state index in [1.165, 1.54) is 6.92 Å². The number of benzene rings is 2. The lowest BCUT2D eigenvalue weighted by molar-refractivity contribution is -0.114. The van der Waals surface area contributed by atoms with Crippen molar-refractivity contribution < 1.29 is 14.4 Å². The van der Waals surface area contributed by atoms with Gasteiger partial charge < -0.3 is 15.5 Å². The van der Waals surface area contributed by atoms with Gasteiger partial charge in [0.25, 0.3) is 11.8 Å². The number of nitrogens with one attached hydrogen (secondary N) is 2. The first-order chi connectivity index (χ1) is 15.8. The molecule has 2 N–H and O–H groups in total. The smallest absolute Gasteiger partial charge is 0.253 e. The van der Waals surface area contributed by atoms with Crippen LogP contribution in [0.15, 0.2) is 42.5 Å². The quantitative estimate of drug-likeness (QED) is 0.642. The van der Waals surface area contributed by atoms with Crippen molar-refractivity contribution >= 4 is 34.4 Å². The molecule has 1 fully saturated rings. The van der Waals surface area contributed by atoms with Gasteiger partial charge in [0.15, 0.2) is 0 Å². The van der Waals surface area contributed by atoms with Crippen LogP contribution in [0.1, 0.15) is 51.9 Å². The summed E-state index contributed by atoms with van der Waals surface area (Å²) in [5.74, 6) is -0.413. The Morgan fingerprint density at radius 3 is 2.30 bits per heavy atom. The summed E-state index contributed by atoms with van der Waals surface area (Å²) in [5.41, 5.74) is 4.89. The molecule has 0 spiro atoms. The van der Waals surface area contributed by atoms with Crippen molar-refractivity contribution in [3.8, 4) is 0 Å². The van der Waals surface area contributed by atoms with Gasteiger partial charge in [-0.15, -0.1) is 0 Å². The van der Waals surface area contributed by atoms with E-state index >= 15 is 0 Å². The van der Waals surface area contributed by atoms with Crippen LogP contribution in [0.3, 0.4) is 0 Å². The Morgan fingerprint density at radius 2 is 1.61 bits per heavy atom. The molecule has 33 heavy (non-hydrogen) atoms. The minimum Gasteiger partial charge on any atom is -0.349 e. The summed E-state index contributed by atoms with van der Waals surface area (Å²) < 4.78 is 0. The second kappa shape index (κ2) is 9.36. The van der Waals surface area contributed by atoms with Gasteiger partial charge in [-0.1, -0.05) is 6.07 Å². The van der Waals surface area contributed by atoms with Crippen molar-refractivity contribution in [2.45, 2.75) is 39.7 Å². The van der Waals surface area contributed by atoms with Gasteiger partial charge in [-0.05, 0) is 63.1 Å². The lowest BCUT2D eigenvalue weighted by Crippen LogP contribution is -2.46. The van der Waals surface area contributed by atoms with Gasteiger partial charge >= 0.3 is 0 Å². The number of likely N-dealkylation sites (tertiary alicyclic amines) is 1. The van der Waals surface area contributed by atoms with E-state index in [0.717, 1.165) is 16.9 Å². The second-order valence-corrected chi connectivity index (χ2v) is 8.40. The van der Waals surface area contributed by atoms with Crippen LogP contribution in [-0.2, 0) is 4.79 Å². The summed E-state index contributed by atoms with van der Waals surface area (Å²) in [6.45, 7) is 6.38. The Kier molecular flexibility index (Phi) is 6.35. The average molecular weight is 446 g/mol. The number of rotatable bonds is 4. The molecule has 8 heteroatoms. The normalized spacial score (nSPS) is 14.2. The molecular formula is C25H27N5O3. The van der Waals surface area contributed by atoms with Gasteiger partial charge in [0.2, 0.25) is 5.91 Å². The van der Waals surface area contributed by atoms with Crippen LogP contribution in [0.25, 0.3) is 11.0 Å². The fourth-order valence-electron chi connectivity index (χ4n) is 3.98. The van der Waals surface area contributed by atoms with Crippen molar-refractivity contribution in [2.75, 3.05) is 18.4 Å². The first-order valence-corrected chi connectivity index (χ1v) is 11.0. The van der Waals surface area contributed by atoms with Crippen LogP contribution in [-0.4, -0.2) is 51.7 Å². The van der Waals surface area contributed by atoms with Gasteiger partial charge in [-0.3, -0.25) is 14.4 Å². The zero-order valence-corrected chi connectivity index (χ0v) is 19.0. The summed E-state index contributed by atoms with van der Waals surface area (Å²) in [5, 5.41) is 5.73. The number of fused-ring (bicyclic) bond motifs is 1. The summed E-state index contributed by atoms with van der Waals surface area (Å²) in [6, 6.07) is 12.3. The molecule has 1 aliphatic heterocycles.